The molecule has 0 bridgehead atoms. The molecule has 2 heterocycles. The molecule has 1 atom stereocenters. The molecular formula is C17H24N2O2. The first kappa shape index (κ1) is 14.4. The van der Waals surface area contributed by atoms with E-state index in [2.05, 4.69) is 31.1 Å². The summed E-state index contributed by atoms with van der Waals surface area (Å²) in [6, 6.07) is 5.84. The highest BCUT2D eigenvalue weighted by atomic mass is 16.5. The van der Waals surface area contributed by atoms with Crippen LogP contribution in [0.1, 0.15) is 37.0 Å². The molecule has 0 radical (unpaired) electrons. The van der Waals surface area contributed by atoms with Crippen LogP contribution in [0.25, 0.3) is 0 Å². The summed E-state index contributed by atoms with van der Waals surface area (Å²) in [4.78, 5) is 14.8. The van der Waals surface area contributed by atoms with Gasteiger partial charge in [-0.2, -0.15) is 0 Å². The Hall–Kier alpha value is -1.55. The van der Waals surface area contributed by atoms with Crippen molar-refractivity contribution < 1.29 is 9.53 Å². The molecule has 0 aromatic heterocycles. The number of piperidine rings is 1. The molecule has 21 heavy (non-hydrogen) atoms. The van der Waals surface area contributed by atoms with Crippen molar-refractivity contribution in [1.82, 2.24) is 5.32 Å². The summed E-state index contributed by atoms with van der Waals surface area (Å²) >= 11 is 0. The molecule has 1 unspecified atom stereocenters. The Morgan fingerprint density at radius 1 is 1.43 bits per heavy atom. The maximum atomic E-state index is 12.6. The van der Waals surface area contributed by atoms with Crippen molar-refractivity contribution in [2.75, 3.05) is 31.6 Å². The van der Waals surface area contributed by atoms with Crippen LogP contribution in [-0.2, 0) is 0 Å². The zero-order chi connectivity index (χ0) is 15.0. The fraction of sp³-hybridized carbons (Fsp3) is 0.588. The Morgan fingerprint density at radius 3 is 2.95 bits per heavy atom. The number of hydrogen-bond acceptors (Lipinski definition) is 4. The molecular weight excluding hydrogens is 264 g/mol. The quantitative estimate of drug-likeness (QED) is 0.849. The van der Waals surface area contributed by atoms with Crippen LogP contribution in [0.3, 0.4) is 0 Å². The number of ketones is 1. The summed E-state index contributed by atoms with van der Waals surface area (Å²) < 4.78 is 6.00. The Morgan fingerprint density at radius 2 is 2.24 bits per heavy atom. The zero-order valence-electron chi connectivity index (χ0n) is 13.1. The molecule has 3 rings (SSSR count). The van der Waals surface area contributed by atoms with E-state index in [9.17, 15) is 4.79 Å². The topological polar surface area (TPSA) is 41.6 Å². The maximum absolute atomic E-state index is 12.6. The van der Waals surface area contributed by atoms with Gasteiger partial charge in [0.25, 0.3) is 0 Å². The molecule has 0 aliphatic carbocycles. The second-order valence-electron chi connectivity index (χ2n) is 6.81. The number of benzene rings is 1. The molecule has 114 valence electrons. The third-order valence-corrected chi connectivity index (χ3v) is 4.33. The minimum absolute atomic E-state index is 0.114. The molecule has 2 aliphatic rings. The first-order chi connectivity index (χ1) is 9.96. The minimum Gasteiger partial charge on any atom is -0.484 e. The number of anilines is 1. The first-order valence-electron chi connectivity index (χ1n) is 7.75. The number of fused-ring (bicyclic) bond motifs is 1. The molecule has 0 spiro atoms. The van der Waals surface area contributed by atoms with Gasteiger partial charge in [0.1, 0.15) is 11.4 Å². The number of nitrogens with one attached hydrogen (secondary N) is 1. The van der Waals surface area contributed by atoms with Gasteiger partial charge >= 0.3 is 0 Å². The molecule has 2 aliphatic heterocycles. The smallest absolute Gasteiger partial charge is 0.167 e. The summed E-state index contributed by atoms with van der Waals surface area (Å²) in [7, 11) is 2.06. The van der Waals surface area contributed by atoms with E-state index >= 15 is 0 Å². The molecule has 1 aromatic rings. The van der Waals surface area contributed by atoms with Crippen molar-refractivity contribution in [3.05, 3.63) is 23.8 Å². The summed E-state index contributed by atoms with van der Waals surface area (Å²) in [5.74, 6) is 1.23. The summed E-state index contributed by atoms with van der Waals surface area (Å²) in [6.45, 7) is 6.82. The van der Waals surface area contributed by atoms with E-state index < -0.39 is 0 Å². The van der Waals surface area contributed by atoms with Crippen LogP contribution < -0.4 is 15.0 Å². The van der Waals surface area contributed by atoms with E-state index in [0.717, 1.165) is 49.5 Å². The van der Waals surface area contributed by atoms with Gasteiger partial charge in [0, 0.05) is 25.1 Å². The number of hydrogen-bond donors (Lipinski definition) is 1. The van der Waals surface area contributed by atoms with E-state index in [1.165, 1.54) is 0 Å². The van der Waals surface area contributed by atoms with Gasteiger partial charge in [-0.1, -0.05) is 0 Å². The summed E-state index contributed by atoms with van der Waals surface area (Å²) in [5, 5.41) is 3.31. The van der Waals surface area contributed by atoms with Crippen molar-refractivity contribution in [2.45, 2.75) is 32.3 Å². The van der Waals surface area contributed by atoms with Crippen LogP contribution in [0.2, 0.25) is 0 Å². The Balaban J connectivity index is 1.86. The van der Waals surface area contributed by atoms with Gasteiger partial charge in [-0.25, -0.2) is 0 Å². The van der Waals surface area contributed by atoms with Crippen LogP contribution in [0.5, 0.6) is 5.75 Å². The minimum atomic E-state index is -0.194. The van der Waals surface area contributed by atoms with Crippen LogP contribution in [-0.4, -0.2) is 38.1 Å². The SMILES string of the molecule is CN1CC(C)(C)Oc2ccc(C(=O)C3CCCNC3)cc21. The standard InChI is InChI=1S/C17H24N2O2/c1-17(2)11-19(3)14-9-12(6-7-15(14)21-17)16(20)13-5-4-8-18-10-13/h6-7,9,13,18H,4-5,8,10-11H2,1-3H3. The van der Waals surface area contributed by atoms with Crippen molar-refractivity contribution in [1.29, 1.82) is 0 Å². The Labute approximate surface area is 126 Å². The largest absolute Gasteiger partial charge is 0.484 e. The molecule has 4 nitrogen and oxygen atoms in total. The third kappa shape index (κ3) is 2.91. The number of carbonyl (C=O) groups is 1. The highest BCUT2D eigenvalue weighted by Crippen LogP contribution is 2.37. The van der Waals surface area contributed by atoms with Crippen molar-refractivity contribution >= 4 is 11.5 Å². The molecule has 1 aromatic carbocycles. The molecule has 4 heteroatoms. The van der Waals surface area contributed by atoms with Gasteiger partial charge < -0.3 is 15.0 Å². The lowest BCUT2D eigenvalue weighted by molar-refractivity contribution is 0.0899. The van der Waals surface area contributed by atoms with Crippen LogP contribution in [0, 0.1) is 5.92 Å². The zero-order valence-corrected chi connectivity index (χ0v) is 13.1. The van der Waals surface area contributed by atoms with Crippen molar-refractivity contribution in [3.8, 4) is 5.75 Å². The number of rotatable bonds is 2. The van der Waals surface area contributed by atoms with Gasteiger partial charge in [0.05, 0.1) is 12.2 Å². The van der Waals surface area contributed by atoms with Crippen LogP contribution >= 0.6 is 0 Å². The first-order valence-corrected chi connectivity index (χ1v) is 7.75. The van der Waals surface area contributed by atoms with E-state index in [1.54, 1.807) is 0 Å². The van der Waals surface area contributed by atoms with Crippen LogP contribution in [0.15, 0.2) is 18.2 Å². The predicted octanol–water partition coefficient (Wildman–Crippen LogP) is 2.48. The second kappa shape index (κ2) is 5.34. The number of likely N-dealkylation sites (N-methyl/N-ethyl adjacent to an activating group) is 1. The average Bonchev–Trinajstić information content (AvgIpc) is 2.46. The van der Waals surface area contributed by atoms with Gasteiger partial charge in [-0.15, -0.1) is 0 Å². The Bertz CT molecular complexity index is 548. The molecule has 1 saturated heterocycles. The molecule has 0 saturated carbocycles. The molecule has 1 fully saturated rings. The number of Topliss-reactive ketones (excluding diaryl/α,β-unsaturated/α-hetero) is 1. The van der Waals surface area contributed by atoms with Gasteiger partial charge in [-0.3, -0.25) is 4.79 Å². The summed E-state index contributed by atoms with van der Waals surface area (Å²) in [5.41, 5.74) is 1.63. The highest BCUT2D eigenvalue weighted by Gasteiger charge is 2.31. The lowest BCUT2D eigenvalue weighted by atomic mass is 9.90. The monoisotopic (exact) mass is 288 g/mol. The maximum Gasteiger partial charge on any atom is 0.167 e. The van der Waals surface area contributed by atoms with Crippen molar-refractivity contribution in [3.63, 3.8) is 0 Å². The number of nitrogens with zero attached hydrogens (tertiary/aromatic N) is 1. The Kier molecular flexibility index (Phi) is 3.66. The predicted molar refractivity (Wildman–Crippen MR) is 84.3 cm³/mol. The number of ether oxygens (including phenoxy) is 1. The normalized spacial score (nSPS) is 24.1. The summed E-state index contributed by atoms with van der Waals surface area (Å²) in [6.07, 6.45) is 2.07. The van der Waals surface area contributed by atoms with Crippen LogP contribution in [0.4, 0.5) is 5.69 Å². The average molecular weight is 288 g/mol. The van der Waals surface area contributed by atoms with Gasteiger partial charge in [0.2, 0.25) is 0 Å². The fourth-order valence-corrected chi connectivity index (χ4v) is 3.35. The number of carbonyl (C=O) groups excluding carboxylic acids is 1. The fourth-order valence-electron chi connectivity index (χ4n) is 3.35. The van der Waals surface area contributed by atoms with E-state index in [0.29, 0.717) is 0 Å². The van der Waals surface area contributed by atoms with E-state index in [-0.39, 0.29) is 17.3 Å². The lowest BCUT2D eigenvalue weighted by Gasteiger charge is -2.39. The van der Waals surface area contributed by atoms with Gasteiger partial charge in [0.15, 0.2) is 5.78 Å². The molecule has 1 N–H and O–H groups in total. The highest BCUT2D eigenvalue weighted by molar-refractivity contribution is 5.99. The van der Waals surface area contributed by atoms with E-state index in [4.69, 9.17) is 4.74 Å². The lowest BCUT2D eigenvalue weighted by Crippen LogP contribution is -2.45. The van der Waals surface area contributed by atoms with Gasteiger partial charge in [-0.05, 0) is 51.4 Å². The van der Waals surface area contributed by atoms with E-state index in [1.807, 2.05) is 18.2 Å². The van der Waals surface area contributed by atoms with Crippen molar-refractivity contribution in [2.24, 2.45) is 5.92 Å². The molecule has 0 amide bonds. The third-order valence-electron chi connectivity index (χ3n) is 4.33. The second-order valence-corrected chi connectivity index (χ2v) is 6.81.